The van der Waals surface area contributed by atoms with Gasteiger partial charge >= 0.3 is 6.18 Å². The summed E-state index contributed by atoms with van der Waals surface area (Å²) in [5.74, 6) is -0.124. The molecule has 1 aromatic carbocycles. The van der Waals surface area contributed by atoms with Crippen molar-refractivity contribution >= 4 is 17.7 Å². The topological polar surface area (TPSA) is 64.2 Å². The van der Waals surface area contributed by atoms with E-state index in [9.17, 15) is 18.0 Å². The molecule has 1 amide bonds. The Morgan fingerprint density at radius 1 is 1.26 bits per heavy atom. The number of carbonyl (C=O) groups is 1. The highest BCUT2D eigenvalue weighted by atomic mass is 32.2. The molecule has 2 rings (SSSR count). The first-order valence-corrected chi connectivity index (χ1v) is 9.48. The fourth-order valence-corrected chi connectivity index (χ4v) is 3.44. The van der Waals surface area contributed by atoms with Crippen molar-refractivity contribution < 1.29 is 22.9 Å². The largest absolute Gasteiger partial charge is 0.405 e. The first-order valence-electron chi connectivity index (χ1n) is 8.50. The second kappa shape index (κ2) is 9.23. The van der Waals surface area contributed by atoms with Crippen LogP contribution in [0.15, 0.2) is 35.5 Å². The molecular weight excluding hydrogens is 379 g/mol. The van der Waals surface area contributed by atoms with E-state index < -0.39 is 18.6 Å². The van der Waals surface area contributed by atoms with Gasteiger partial charge in [-0.3, -0.25) is 9.36 Å². The van der Waals surface area contributed by atoms with Gasteiger partial charge in [0.1, 0.15) is 12.6 Å². The van der Waals surface area contributed by atoms with Gasteiger partial charge in [-0.2, -0.15) is 13.2 Å². The molecule has 0 unspecified atom stereocenters. The molecule has 1 heterocycles. The summed E-state index contributed by atoms with van der Waals surface area (Å²) in [5, 5.41) is 10.8. The Balaban J connectivity index is 2.24. The highest BCUT2D eigenvalue weighted by Gasteiger charge is 2.28. The summed E-state index contributed by atoms with van der Waals surface area (Å²) in [7, 11) is 4.05. The Hall–Kier alpha value is -2.07. The van der Waals surface area contributed by atoms with E-state index in [0.29, 0.717) is 5.16 Å². The molecule has 27 heavy (non-hydrogen) atoms. The quantitative estimate of drug-likeness (QED) is 0.659. The number of halogens is 3. The van der Waals surface area contributed by atoms with Crippen molar-refractivity contribution in [1.29, 1.82) is 0 Å². The minimum atomic E-state index is -4.43. The van der Waals surface area contributed by atoms with E-state index in [0.717, 1.165) is 29.7 Å². The van der Waals surface area contributed by atoms with Gasteiger partial charge in [-0.05, 0) is 12.1 Å². The molecule has 1 atom stereocenters. The summed E-state index contributed by atoms with van der Waals surface area (Å²) in [6.07, 6.45) is -3.59. The molecule has 0 bridgehead atoms. The SMILES string of the molecule is CC[C@H](c1nnc(SCC(=O)NCC(F)(F)F)n1-c1ccccc1)[NH+](C)C. The van der Waals surface area contributed by atoms with Crippen molar-refractivity contribution in [2.75, 3.05) is 26.4 Å². The van der Waals surface area contributed by atoms with Crippen LogP contribution in [0.3, 0.4) is 0 Å². The monoisotopic (exact) mass is 402 g/mol. The summed E-state index contributed by atoms with van der Waals surface area (Å²) in [6.45, 7) is 0.712. The zero-order chi connectivity index (χ0) is 20.0. The molecule has 0 saturated heterocycles. The summed E-state index contributed by atoms with van der Waals surface area (Å²) in [4.78, 5) is 12.9. The minimum absolute atomic E-state index is 0.0890. The average Bonchev–Trinajstić information content (AvgIpc) is 3.02. The van der Waals surface area contributed by atoms with Crippen LogP contribution >= 0.6 is 11.8 Å². The maximum absolute atomic E-state index is 12.2. The van der Waals surface area contributed by atoms with Crippen LogP contribution in [0.4, 0.5) is 13.2 Å². The number of quaternary nitrogens is 1. The summed E-state index contributed by atoms with van der Waals surface area (Å²) in [6, 6.07) is 9.54. The third kappa shape index (κ3) is 5.96. The molecule has 0 saturated carbocycles. The third-order valence-electron chi connectivity index (χ3n) is 3.91. The fraction of sp³-hybridized carbons (Fsp3) is 0.471. The molecule has 0 aliphatic rings. The van der Waals surface area contributed by atoms with Gasteiger partial charge in [-0.1, -0.05) is 36.9 Å². The number of benzene rings is 1. The molecule has 0 aliphatic heterocycles. The molecule has 0 fully saturated rings. The molecule has 2 N–H and O–H groups in total. The second-order valence-corrected chi connectivity index (χ2v) is 7.17. The van der Waals surface area contributed by atoms with Crippen LogP contribution in [0.1, 0.15) is 25.2 Å². The highest BCUT2D eigenvalue weighted by molar-refractivity contribution is 7.99. The van der Waals surface area contributed by atoms with Gasteiger partial charge in [-0.25, -0.2) is 0 Å². The van der Waals surface area contributed by atoms with Crippen molar-refractivity contribution in [2.24, 2.45) is 0 Å². The van der Waals surface area contributed by atoms with Crippen molar-refractivity contribution in [2.45, 2.75) is 30.7 Å². The minimum Gasteiger partial charge on any atom is -0.346 e. The number of amides is 1. The van der Waals surface area contributed by atoms with Crippen LogP contribution in [0.25, 0.3) is 5.69 Å². The normalized spacial score (nSPS) is 13.0. The Morgan fingerprint density at radius 2 is 1.93 bits per heavy atom. The van der Waals surface area contributed by atoms with E-state index in [1.165, 1.54) is 4.90 Å². The number of hydrogen-bond donors (Lipinski definition) is 2. The number of nitrogens with one attached hydrogen (secondary N) is 2. The second-order valence-electron chi connectivity index (χ2n) is 6.23. The molecule has 1 aromatic heterocycles. The van der Waals surface area contributed by atoms with E-state index in [2.05, 4.69) is 17.1 Å². The van der Waals surface area contributed by atoms with Gasteiger partial charge in [0.05, 0.1) is 19.8 Å². The number of hydrogen-bond acceptors (Lipinski definition) is 4. The summed E-state index contributed by atoms with van der Waals surface area (Å²) >= 11 is 1.06. The van der Waals surface area contributed by atoms with Crippen molar-refractivity contribution in [1.82, 2.24) is 20.1 Å². The molecule has 0 aliphatic carbocycles. The highest BCUT2D eigenvalue weighted by Crippen LogP contribution is 2.25. The predicted molar refractivity (Wildman–Crippen MR) is 97.0 cm³/mol. The van der Waals surface area contributed by atoms with Gasteiger partial charge in [0.15, 0.2) is 11.0 Å². The number of rotatable bonds is 8. The Labute approximate surface area is 160 Å². The smallest absolute Gasteiger partial charge is 0.346 e. The molecule has 148 valence electrons. The Kier molecular flexibility index (Phi) is 7.25. The van der Waals surface area contributed by atoms with E-state index in [-0.39, 0.29) is 11.8 Å². The van der Waals surface area contributed by atoms with Gasteiger partial charge in [0, 0.05) is 12.1 Å². The summed E-state index contributed by atoms with van der Waals surface area (Å²) in [5.41, 5.74) is 0.843. The first kappa shape index (κ1) is 21.2. The fourth-order valence-electron chi connectivity index (χ4n) is 2.65. The summed E-state index contributed by atoms with van der Waals surface area (Å²) < 4.78 is 38.5. The Bertz CT molecular complexity index is 749. The zero-order valence-electron chi connectivity index (χ0n) is 15.4. The number of thioether (sulfide) groups is 1. The maximum atomic E-state index is 12.2. The standard InChI is InChI=1S/C17H22F3N5OS/c1-4-13(24(2)3)15-22-23-16(25(15)12-8-6-5-7-9-12)27-10-14(26)21-11-17(18,19)20/h5-9,13H,4,10-11H2,1-3H3,(H,21,26)/p+1/t13-/m1/s1. The number of alkyl halides is 3. The first-order chi connectivity index (χ1) is 12.7. The zero-order valence-corrected chi connectivity index (χ0v) is 16.2. The third-order valence-corrected chi connectivity index (χ3v) is 4.84. The van der Waals surface area contributed by atoms with Crippen molar-refractivity contribution in [3.05, 3.63) is 36.2 Å². The lowest BCUT2D eigenvalue weighted by molar-refractivity contribution is -0.893. The molecular formula is C17H23F3N5OS+. The van der Waals surface area contributed by atoms with Gasteiger partial charge in [-0.15, -0.1) is 10.2 Å². The number of aromatic nitrogens is 3. The van der Waals surface area contributed by atoms with E-state index in [1.54, 1.807) is 0 Å². The Morgan fingerprint density at radius 3 is 2.48 bits per heavy atom. The molecule has 10 heteroatoms. The van der Waals surface area contributed by atoms with Gasteiger partial charge in [0.25, 0.3) is 0 Å². The number of nitrogens with zero attached hydrogens (tertiary/aromatic N) is 3. The molecule has 0 radical (unpaired) electrons. The van der Waals surface area contributed by atoms with Crippen LogP contribution in [-0.4, -0.2) is 53.2 Å². The van der Waals surface area contributed by atoms with E-state index in [1.807, 2.05) is 54.3 Å². The maximum Gasteiger partial charge on any atom is 0.405 e. The van der Waals surface area contributed by atoms with E-state index in [4.69, 9.17) is 0 Å². The van der Waals surface area contributed by atoms with Crippen LogP contribution in [0, 0.1) is 0 Å². The van der Waals surface area contributed by atoms with Crippen LogP contribution in [-0.2, 0) is 4.79 Å². The van der Waals surface area contributed by atoms with Gasteiger partial charge in [0.2, 0.25) is 5.91 Å². The van der Waals surface area contributed by atoms with Crippen molar-refractivity contribution in [3.63, 3.8) is 0 Å². The van der Waals surface area contributed by atoms with Crippen molar-refractivity contribution in [3.8, 4) is 5.69 Å². The predicted octanol–water partition coefficient (Wildman–Crippen LogP) is 1.63. The molecule has 0 spiro atoms. The molecule has 6 nitrogen and oxygen atoms in total. The number of para-hydroxylation sites is 1. The number of carbonyl (C=O) groups excluding carboxylic acids is 1. The lowest BCUT2D eigenvalue weighted by Gasteiger charge is -2.20. The average molecular weight is 402 g/mol. The van der Waals surface area contributed by atoms with Crippen LogP contribution in [0.5, 0.6) is 0 Å². The van der Waals surface area contributed by atoms with Crippen LogP contribution in [0.2, 0.25) is 0 Å². The lowest BCUT2D eigenvalue weighted by atomic mass is 10.2. The van der Waals surface area contributed by atoms with Crippen LogP contribution < -0.4 is 10.2 Å². The lowest BCUT2D eigenvalue weighted by Crippen LogP contribution is -3.06. The van der Waals surface area contributed by atoms with E-state index >= 15 is 0 Å². The van der Waals surface area contributed by atoms with Gasteiger partial charge < -0.3 is 10.2 Å². The molecule has 2 aromatic rings.